The molecule has 3 aromatic carbocycles. The first-order valence-electron chi connectivity index (χ1n) is 10.4. The molecule has 3 nitrogen and oxygen atoms in total. The van der Waals surface area contributed by atoms with Crippen molar-refractivity contribution in [2.75, 3.05) is 0 Å². The highest BCUT2D eigenvalue weighted by Gasteiger charge is 2.28. The maximum atomic E-state index is 5.20. The van der Waals surface area contributed by atoms with E-state index in [9.17, 15) is 0 Å². The first-order valence-corrected chi connectivity index (χ1v) is 10.4. The van der Waals surface area contributed by atoms with E-state index in [1.165, 1.54) is 38.7 Å². The minimum Gasteiger partial charge on any atom is -0.353 e. The van der Waals surface area contributed by atoms with Crippen molar-refractivity contribution in [3.05, 3.63) is 93.7 Å². The van der Waals surface area contributed by atoms with Crippen LogP contribution >= 0.6 is 0 Å². The lowest BCUT2D eigenvalue weighted by molar-refractivity contribution is 1.32. The summed E-state index contributed by atoms with van der Waals surface area (Å²) in [4.78, 5) is 14.0. The summed E-state index contributed by atoms with van der Waals surface area (Å²) in [5.41, 5.74) is 13.2. The number of rotatable bonds is 2. The predicted molar refractivity (Wildman–Crippen MR) is 127 cm³/mol. The largest absolute Gasteiger partial charge is 0.353 e. The SMILES string of the molecule is Cc1cccc(C)c1N=C1C(c2[nH]c3c(C)cccc3c2C)=Nc2c(C)cccc21. The highest BCUT2D eigenvalue weighted by atomic mass is 14.9. The summed E-state index contributed by atoms with van der Waals surface area (Å²) >= 11 is 0. The van der Waals surface area contributed by atoms with E-state index in [1.54, 1.807) is 0 Å². The Kier molecular flexibility index (Phi) is 4.21. The summed E-state index contributed by atoms with van der Waals surface area (Å²) < 4.78 is 0. The van der Waals surface area contributed by atoms with Crippen molar-refractivity contribution in [2.45, 2.75) is 34.6 Å². The highest BCUT2D eigenvalue weighted by Crippen LogP contribution is 2.36. The van der Waals surface area contributed by atoms with Gasteiger partial charge in [-0.05, 0) is 62.4 Å². The summed E-state index contributed by atoms with van der Waals surface area (Å²) in [6.07, 6.45) is 0. The molecule has 5 rings (SSSR count). The number of H-pyrrole nitrogens is 1. The van der Waals surface area contributed by atoms with Crippen LogP contribution in [-0.4, -0.2) is 16.4 Å². The summed E-state index contributed by atoms with van der Waals surface area (Å²) in [6.45, 7) is 10.7. The van der Waals surface area contributed by atoms with Crippen LogP contribution in [0.1, 0.15) is 39.1 Å². The Labute approximate surface area is 177 Å². The Morgan fingerprint density at radius 1 is 0.733 bits per heavy atom. The molecular weight excluding hydrogens is 366 g/mol. The third-order valence-electron chi connectivity index (χ3n) is 6.14. The van der Waals surface area contributed by atoms with E-state index in [1.807, 2.05) is 0 Å². The number of aliphatic imine (C=N–C) groups is 2. The average molecular weight is 392 g/mol. The predicted octanol–water partition coefficient (Wildman–Crippen LogP) is 6.97. The van der Waals surface area contributed by atoms with Crippen molar-refractivity contribution in [1.29, 1.82) is 0 Å². The van der Waals surface area contributed by atoms with E-state index >= 15 is 0 Å². The number of aryl methyl sites for hydroxylation is 5. The number of hydrogen-bond donors (Lipinski definition) is 1. The molecule has 0 spiro atoms. The molecule has 148 valence electrons. The van der Waals surface area contributed by atoms with Crippen LogP contribution in [0.25, 0.3) is 10.9 Å². The van der Waals surface area contributed by atoms with Gasteiger partial charge in [-0.15, -0.1) is 0 Å². The maximum absolute atomic E-state index is 5.20. The summed E-state index contributed by atoms with van der Waals surface area (Å²) in [7, 11) is 0. The summed E-state index contributed by atoms with van der Waals surface area (Å²) in [5, 5.41) is 1.24. The zero-order valence-electron chi connectivity index (χ0n) is 18.1. The van der Waals surface area contributed by atoms with Gasteiger partial charge in [0.1, 0.15) is 11.4 Å². The maximum Gasteiger partial charge on any atom is 0.114 e. The second-order valence-electron chi connectivity index (χ2n) is 8.25. The summed E-state index contributed by atoms with van der Waals surface area (Å²) in [6, 6.07) is 19.1. The Morgan fingerprint density at radius 2 is 1.37 bits per heavy atom. The van der Waals surface area contributed by atoms with Gasteiger partial charge in [0.05, 0.1) is 17.1 Å². The zero-order chi connectivity index (χ0) is 21.0. The van der Waals surface area contributed by atoms with Gasteiger partial charge in [0.25, 0.3) is 0 Å². The summed E-state index contributed by atoms with van der Waals surface area (Å²) in [5.74, 6) is 0. The second kappa shape index (κ2) is 6.81. The molecule has 0 bridgehead atoms. The molecule has 0 saturated heterocycles. The van der Waals surface area contributed by atoms with Gasteiger partial charge in [-0.25, -0.2) is 9.98 Å². The van der Waals surface area contributed by atoms with Gasteiger partial charge in [0.15, 0.2) is 0 Å². The molecule has 1 aliphatic heterocycles. The van der Waals surface area contributed by atoms with Crippen LogP contribution in [0.5, 0.6) is 0 Å². The normalized spacial score (nSPS) is 14.4. The minimum atomic E-state index is 0.926. The molecule has 0 saturated carbocycles. The number of para-hydroxylation sites is 3. The molecule has 1 N–H and O–H groups in total. The van der Waals surface area contributed by atoms with Gasteiger partial charge in [-0.3, -0.25) is 0 Å². The molecule has 30 heavy (non-hydrogen) atoms. The number of nitrogens with one attached hydrogen (secondary N) is 1. The van der Waals surface area contributed by atoms with Crippen LogP contribution in [0.15, 0.2) is 64.6 Å². The van der Waals surface area contributed by atoms with Crippen LogP contribution in [-0.2, 0) is 0 Å². The van der Waals surface area contributed by atoms with Crippen LogP contribution in [0.4, 0.5) is 11.4 Å². The van der Waals surface area contributed by atoms with Gasteiger partial charge in [-0.2, -0.15) is 0 Å². The standard InChI is InChI=1S/C27H25N3/c1-15-9-6-10-16(2)22(15)28-26-21-14-8-12-18(4)24(21)30-27(26)25-19(5)20-13-7-11-17(3)23(20)29-25/h6-14,29H,1-5H3. The van der Waals surface area contributed by atoms with E-state index in [4.69, 9.17) is 9.98 Å². The number of hydrogen-bond acceptors (Lipinski definition) is 2. The Balaban J connectivity index is 1.80. The molecule has 0 fully saturated rings. The monoisotopic (exact) mass is 391 g/mol. The fourth-order valence-electron chi connectivity index (χ4n) is 4.41. The number of aromatic nitrogens is 1. The van der Waals surface area contributed by atoms with E-state index < -0.39 is 0 Å². The first-order chi connectivity index (χ1) is 14.5. The van der Waals surface area contributed by atoms with Gasteiger partial charge in [0.2, 0.25) is 0 Å². The number of aromatic amines is 1. The molecule has 1 aliphatic rings. The second-order valence-corrected chi connectivity index (χ2v) is 8.25. The molecule has 2 heterocycles. The quantitative estimate of drug-likeness (QED) is 0.383. The van der Waals surface area contributed by atoms with Crippen molar-refractivity contribution >= 4 is 33.7 Å². The van der Waals surface area contributed by atoms with Gasteiger partial charge in [-0.1, -0.05) is 54.6 Å². The Hall–Kier alpha value is -3.46. The van der Waals surface area contributed by atoms with Crippen LogP contribution in [0.2, 0.25) is 0 Å². The van der Waals surface area contributed by atoms with Crippen LogP contribution < -0.4 is 0 Å². The van der Waals surface area contributed by atoms with Gasteiger partial charge >= 0.3 is 0 Å². The smallest absolute Gasteiger partial charge is 0.114 e. The third kappa shape index (κ3) is 2.73. The third-order valence-corrected chi connectivity index (χ3v) is 6.14. The zero-order valence-corrected chi connectivity index (χ0v) is 18.1. The molecule has 1 aromatic heterocycles. The fourth-order valence-corrected chi connectivity index (χ4v) is 4.41. The van der Waals surface area contributed by atoms with E-state index in [0.29, 0.717) is 0 Å². The lowest BCUT2D eigenvalue weighted by Crippen LogP contribution is -2.14. The van der Waals surface area contributed by atoms with Crippen LogP contribution in [0.3, 0.4) is 0 Å². The molecular formula is C27H25N3. The molecule has 0 aliphatic carbocycles. The number of benzene rings is 3. The van der Waals surface area contributed by atoms with Crippen molar-refractivity contribution in [3.63, 3.8) is 0 Å². The lowest BCUT2D eigenvalue weighted by Gasteiger charge is -2.09. The van der Waals surface area contributed by atoms with Crippen molar-refractivity contribution in [1.82, 2.24) is 4.98 Å². The number of nitrogens with zero attached hydrogens (tertiary/aromatic N) is 2. The van der Waals surface area contributed by atoms with E-state index in [2.05, 4.69) is 94.2 Å². The Morgan fingerprint density at radius 3 is 2.10 bits per heavy atom. The highest BCUT2D eigenvalue weighted by molar-refractivity contribution is 6.57. The average Bonchev–Trinajstić information content (AvgIpc) is 3.25. The molecule has 0 unspecified atom stereocenters. The van der Waals surface area contributed by atoms with Crippen molar-refractivity contribution in [3.8, 4) is 0 Å². The topological polar surface area (TPSA) is 40.5 Å². The molecule has 3 heteroatoms. The van der Waals surface area contributed by atoms with E-state index in [0.717, 1.165) is 34.1 Å². The fraction of sp³-hybridized carbons (Fsp3) is 0.185. The van der Waals surface area contributed by atoms with Crippen molar-refractivity contribution < 1.29 is 0 Å². The van der Waals surface area contributed by atoms with Gasteiger partial charge in [0, 0.05) is 16.5 Å². The lowest BCUT2D eigenvalue weighted by atomic mass is 10.0. The van der Waals surface area contributed by atoms with Gasteiger partial charge < -0.3 is 4.98 Å². The first kappa shape index (κ1) is 18.6. The molecule has 0 radical (unpaired) electrons. The van der Waals surface area contributed by atoms with Crippen molar-refractivity contribution in [2.24, 2.45) is 9.98 Å². The molecule has 4 aromatic rings. The van der Waals surface area contributed by atoms with E-state index in [-0.39, 0.29) is 0 Å². The number of fused-ring (bicyclic) bond motifs is 2. The molecule has 0 atom stereocenters. The van der Waals surface area contributed by atoms with Crippen LogP contribution in [0, 0.1) is 34.6 Å². The Bertz CT molecular complexity index is 1360. The minimum absolute atomic E-state index is 0.926. The molecule has 0 amide bonds.